The number of rotatable bonds is 1. The molecule has 1 aromatic carbocycles. The molecule has 0 fully saturated rings. The molecule has 0 saturated heterocycles. The highest BCUT2D eigenvalue weighted by molar-refractivity contribution is 5.35. The lowest BCUT2D eigenvalue weighted by Crippen LogP contribution is -2.16. The minimum Gasteiger partial charge on any atom is -0.166 e. The van der Waals surface area contributed by atoms with Gasteiger partial charge in [0.15, 0.2) is 0 Å². The third kappa shape index (κ3) is 1.99. The number of hydrogen-bond acceptors (Lipinski definition) is 0. The standard InChI is InChI=1S/C13H13F3/c1-12(8-2-3-9-12)10-4-6-11(7-5-10)13(14,15)16/h2,4-8H,3,9H2,1H3/t12-/m0/s1. The lowest BCUT2D eigenvalue weighted by molar-refractivity contribution is -0.137. The second-order valence-corrected chi connectivity index (χ2v) is 4.43. The van der Waals surface area contributed by atoms with E-state index in [2.05, 4.69) is 19.1 Å². The normalized spacial score (nSPS) is 25.0. The maximum absolute atomic E-state index is 12.4. The molecule has 0 amide bonds. The van der Waals surface area contributed by atoms with E-state index in [1.54, 1.807) is 12.1 Å². The number of allylic oxidation sites excluding steroid dienone is 2. The average Bonchev–Trinajstić information content (AvgIpc) is 2.66. The summed E-state index contributed by atoms with van der Waals surface area (Å²) in [6.07, 6.45) is 1.88. The Bertz CT molecular complexity index is 400. The Labute approximate surface area is 92.8 Å². The molecule has 86 valence electrons. The zero-order valence-corrected chi connectivity index (χ0v) is 9.01. The molecule has 2 rings (SSSR count). The van der Waals surface area contributed by atoms with E-state index in [1.807, 2.05) is 0 Å². The van der Waals surface area contributed by atoms with E-state index >= 15 is 0 Å². The minimum absolute atomic E-state index is 0.0931. The Kier molecular flexibility index (Phi) is 2.56. The molecule has 1 atom stereocenters. The summed E-state index contributed by atoms with van der Waals surface area (Å²) < 4.78 is 37.1. The quantitative estimate of drug-likeness (QED) is 0.626. The van der Waals surface area contributed by atoms with Gasteiger partial charge in [0.2, 0.25) is 0 Å². The Morgan fingerprint density at radius 3 is 2.19 bits per heavy atom. The number of benzene rings is 1. The van der Waals surface area contributed by atoms with Crippen LogP contribution in [0.2, 0.25) is 0 Å². The summed E-state index contributed by atoms with van der Waals surface area (Å²) in [7, 11) is 0. The second-order valence-electron chi connectivity index (χ2n) is 4.43. The summed E-state index contributed by atoms with van der Waals surface area (Å²) in [6, 6.07) is 5.48. The van der Waals surface area contributed by atoms with Crippen LogP contribution in [0.25, 0.3) is 0 Å². The molecule has 0 aromatic heterocycles. The summed E-state index contributed by atoms with van der Waals surface area (Å²) >= 11 is 0. The SMILES string of the molecule is C[C@]1(c2ccc(C(F)(F)F)cc2)C=CCC1. The summed E-state index contributed by atoms with van der Waals surface area (Å²) in [5.74, 6) is 0. The molecular formula is C13H13F3. The van der Waals surface area contributed by atoms with Gasteiger partial charge in [0.25, 0.3) is 0 Å². The Balaban J connectivity index is 2.29. The van der Waals surface area contributed by atoms with Gasteiger partial charge in [0, 0.05) is 5.41 Å². The van der Waals surface area contributed by atoms with Crippen molar-refractivity contribution in [1.82, 2.24) is 0 Å². The first-order chi connectivity index (χ1) is 7.42. The van der Waals surface area contributed by atoms with Crippen LogP contribution in [0.15, 0.2) is 36.4 Å². The van der Waals surface area contributed by atoms with Gasteiger partial charge in [-0.2, -0.15) is 13.2 Å². The van der Waals surface area contributed by atoms with Crippen molar-refractivity contribution in [2.75, 3.05) is 0 Å². The van der Waals surface area contributed by atoms with Crippen molar-refractivity contribution in [2.24, 2.45) is 0 Å². The molecule has 0 saturated carbocycles. The summed E-state index contributed by atoms with van der Waals surface area (Å²) in [4.78, 5) is 0. The minimum atomic E-state index is -4.25. The Morgan fingerprint density at radius 1 is 1.12 bits per heavy atom. The summed E-state index contributed by atoms with van der Waals surface area (Å²) in [5.41, 5.74) is 0.278. The van der Waals surface area contributed by atoms with Crippen molar-refractivity contribution in [3.63, 3.8) is 0 Å². The largest absolute Gasteiger partial charge is 0.416 e. The predicted octanol–water partition coefficient (Wildman–Crippen LogP) is 4.31. The number of alkyl halides is 3. The van der Waals surface area contributed by atoms with E-state index in [9.17, 15) is 13.2 Å². The highest BCUT2D eigenvalue weighted by atomic mass is 19.4. The average molecular weight is 226 g/mol. The highest BCUT2D eigenvalue weighted by Gasteiger charge is 2.31. The van der Waals surface area contributed by atoms with Crippen LogP contribution in [0.3, 0.4) is 0 Å². The van der Waals surface area contributed by atoms with Gasteiger partial charge in [-0.1, -0.05) is 31.2 Å². The molecule has 0 N–H and O–H groups in total. The van der Waals surface area contributed by atoms with Crippen LogP contribution in [0.1, 0.15) is 30.9 Å². The van der Waals surface area contributed by atoms with Crippen LogP contribution in [0.5, 0.6) is 0 Å². The van der Waals surface area contributed by atoms with Gasteiger partial charge in [-0.05, 0) is 30.5 Å². The Morgan fingerprint density at radius 2 is 1.75 bits per heavy atom. The van der Waals surface area contributed by atoms with E-state index in [0.717, 1.165) is 30.5 Å². The Hall–Kier alpha value is -1.25. The summed E-state index contributed by atoms with van der Waals surface area (Å²) in [6.45, 7) is 2.05. The van der Waals surface area contributed by atoms with Crippen LogP contribution in [0.4, 0.5) is 13.2 Å². The van der Waals surface area contributed by atoms with E-state index in [0.29, 0.717) is 0 Å². The van der Waals surface area contributed by atoms with Gasteiger partial charge in [-0.3, -0.25) is 0 Å². The van der Waals surface area contributed by atoms with Crippen LogP contribution in [-0.2, 0) is 11.6 Å². The van der Waals surface area contributed by atoms with Crippen molar-refractivity contribution < 1.29 is 13.2 Å². The predicted molar refractivity (Wildman–Crippen MR) is 57.2 cm³/mol. The van der Waals surface area contributed by atoms with E-state index < -0.39 is 11.7 Å². The fourth-order valence-corrected chi connectivity index (χ4v) is 2.09. The van der Waals surface area contributed by atoms with Gasteiger partial charge in [-0.15, -0.1) is 0 Å². The van der Waals surface area contributed by atoms with Crippen LogP contribution in [0, 0.1) is 0 Å². The van der Waals surface area contributed by atoms with E-state index in [-0.39, 0.29) is 5.41 Å². The first-order valence-electron chi connectivity index (χ1n) is 5.27. The van der Waals surface area contributed by atoms with Gasteiger partial charge in [0.1, 0.15) is 0 Å². The summed E-state index contributed by atoms with van der Waals surface area (Å²) in [5, 5.41) is 0. The monoisotopic (exact) mass is 226 g/mol. The van der Waals surface area contributed by atoms with Crippen LogP contribution in [-0.4, -0.2) is 0 Å². The smallest absolute Gasteiger partial charge is 0.166 e. The van der Waals surface area contributed by atoms with Crippen molar-refractivity contribution >= 4 is 0 Å². The first kappa shape index (κ1) is 11.2. The molecule has 3 heteroatoms. The molecule has 1 aliphatic rings. The molecule has 0 heterocycles. The fraction of sp³-hybridized carbons (Fsp3) is 0.385. The van der Waals surface area contributed by atoms with Crippen molar-refractivity contribution in [2.45, 2.75) is 31.4 Å². The zero-order chi connectivity index (χ0) is 11.8. The lowest BCUT2D eigenvalue weighted by Gasteiger charge is -2.22. The fourth-order valence-electron chi connectivity index (χ4n) is 2.09. The maximum atomic E-state index is 12.4. The molecule has 16 heavy (non-hydrogen) atoms. The number of halogens is 3. The molecule has 0 nitrogen and oxygen atoms in total. The molecule has 0 unspecified atom stereocenters. The highest BCUT2D eigenvalue weighted by Crippen LogP contribution is 2.37. The van der Waals surface area contributed by atoms with Crippen molar-refractivity contribution in [1.29, 1.82) is 0 Å². The van der Waals surface area contributed by atoms with Gasteiger partial charge in [0.05, 0.1) is 5.56 Å². The maximum Gasteiger partial charge on any atom is 0.416 e. The third-order valence-electron chi connectivity index (χ3n) is 3.19. The topological polar surface area (TPSA) is 0 Å². The van der Waals surface area contributed by atoms with Gasteiger partial charge in [-0.25, -0.2) is 0 Å². The van der Waals surface area contributed by atoms with Gasteiger partial charge >= 0.3 is 6.18 Å². The zero-order valence-electron chi connectivity index (χ0n) is 9.01. The van der Waals surface area contributed by atoms with E-state index in [1.165, 1.54) is 0 Å². The molecule has 0 bridgehead atoms. The molecular weight excluding hydrogens is 213 g/mol. The first-order valence-corrected chi connectivity index (χ1v) is 5.27. The lowest BCUT2D eigenvalue weighted by atomic mass is 9.82. The van der Waals surface area contributed by atoms with Crippen LogP contribution >= 0.6 is 0 Å². The molecule has 0 aliphatic heterocycles. The molecule has 1 aromatic rings. The van der Waals surface area contributed by atoms with E-state index in [4.69, 9.17) is 0 Å². The second kappa shape index (κ2) is 3.65. The van der Waals surface area contributed by atoms with Crippen molar-refractivity contribution in [3.8, 4) is 0 Å². The molecule has 1 aliphatic carbocycles. The number of hydrogen-bond donors (Lipinski definition) is 0. The molecule has 0 spiro atoms. The van der Waals surface area contributed by atoms with Crippen LogP contribution < -0.4 is 0 Å². The molecule has 0 radical (unpaired) electrons. The van der Waals surface area contributed by atoms with Gasteiger partial charge < -0.3 is 0 Å². The van der Waals surface area contributed by atoms with Crippen molar-refractivity contribution in [3.05, 3.63) is 47.5 Å². The third-order valence-corrected chi connectivity index (χ3v) is 3.19.